The second kappa shape index (κ2) is 7.65. The first-order valence-electron chi connectivity index (χ1n) is 7.17. The first kappa shape index (κ1) is 17.0. The van der Waals surface area contributed by atoms with Gasteiger partial charge in [0.2, 0.25) is 5.91 Å². The predicted octanol–water partition coefficient (Wildman–Crippen LogP) is 2.86. The van der Waals surface area contributed by atoms with Gasteiger partial charge in [-0.15, -0.1) is 12.4 Å². The molecule has 1 amide bonds. The van der Waals surface area contributed by atoms with Crippen LogP contribution < -0.4 is 5.73 Å². The van der Waals surface area contributed by atoms with Gasteiger partial charge in [0.05, 0.1) is 0 Å². The average Bonchev–Trinajstić information content (AvgIpc) is 2.39. The average molecular weight is 297 g/mol. The van der Waals surface area contributed by atoms with Crippen LogP contribution in [0.1, 0.15) is 43.2 Å². The molecule has 1 saturated heterocycles. The molecule has 1 aliphatic heterocycles. The lowest BCUT2D eigenvalue weighted by Crippen LogP contribution is -2.45. The predicted molar refractivity (Wildman–Crippen MR) is 85.2 cm³/mol. The first-order chi connectivity index (χ1) is 9.08. The smallest absolute Gasteiger partial charge is 0.223 e. The molecule has 0 aliphatic carbocycles. The van der Waals surface area contributed by atoms with Crippen LogP contribution in [0.2, 0.25) is 0 Å². The molecule has 112 valence electrons. The maximum absolute atomic E-state index is 12.3. The number of likely N-dealkylation sites (tertiary alicyclic amines) is 1. The second-order valence-corrected chi connectivity index (χ2v) is 5.70. The number of rotatable bonds is 3. The summed E-state index contributed by atoms with van der Waals surface area (Å²) >= 11 is 0. The van der Waals surface area contributed by atoms with Crippen LogP contribution in [0.5, 0.6) is 0 Å². The van der Waals surface area contributed by atoms with Crippen molar-refractivity contribution < 1.29 is 4.79 Å². The summed E-state index contributed by atoms with van der Waals surface area (Å²) in [6.45, 7) is 5.82. The summed E-state index contributed by atoms with van der Waals surface area (Å²) in [6, 6.07) is 8.46. The molecule has 1 aromatic rings. The van der Waals surface area contributed by atoms with Gasteiger partial charge in [0, 0.05) is 25.6 Å². The third kappa shape index (κ3) is 4.22. The molecule has 2 rings (SSSR count). The standard InChI is InChI=1S/C16H24N2O.ClH/c1-12-6-3-4-8-15(12)13(2)10-16(19)18-9-5-7-14(17)11-18;/h3-4,6,8,13-14H,5,7,9-11,17H2,1-2H3;1H. The van der Waals surface area contributed by atoms with Crippen molar-refractivity contribution in [3.63, 3.8) is 0 Å². The molecule has 1 fully saturated rings. The second-order valence-electron chi connectivity index (χ2n) is 5.70. The van der Waals surface area contributed by atoms with Crippen molar-refractivity contribution in [2.45, 2.75) is 45.1 Å². The highest BCUT2D eigenvalue weighted by atomic mass is 35.5. The molecule has 0 saturated carbocycles. The Bertz CT molecular complexity index is 450. The van der Waals surface area contributed by atoms with Gasteiger partial charge in [0.15, 0.2) is 0 Å². The SMILES string of the molecule is Cc1ccccc1C(C)CC(=O)N1CCCC(N)C1.Cl. The van der Waals surface area contributed by atoms with E-state index in [2.05, 4.69) is 26.0 Å². The van der Waals surface area contributed by atoms with Crippen LogP contribution in [0, 0.1) is 6.92 Å². The minimum absolute atomic E-state index is 0. The van der Waals surface area contributed by atoms with E-state index in [-0.39, 0.29) is 30.3 Å². The zero-order chi connectivity index (χ0) is 13.8. The lowest BCUT2D eigenvalue weighted by Gasteiger charge is -2.31. The molecule has 1 aromatic carbocycles. The van der Waals surface area contributed by atoms with Gasteiger partial charge in [-0.2, -0.15) is 0 Å². The van der Waals surface area contributed by atoms with E-state index in [1.807, 2.05) is 17.0 Å². The largest absolute Gasteiger partial charge is 0.341 e. The monoisotopic (exact) mass is 296 g/mol. The maximum Gasteiger partial charge on any atom is 0.223 e. The fourth-order valence-corrected chi connectivity index (χ4v) is 2.88. The fraction of sp³-hybridized carbons (Fsp3) is 0.562. The van der Waals surface area contributed by atoms with Crippen molar-refractivity contribution >= 4 is 18.3 Å². The van der Waals surface area contributed by atoms with Gasteiger partial charge in [-0.3, -0.25) is 4.79 Å². The van der Waals surface area contributed by atoms with Crippen molar-refractivity contribution in [3.8, 4) is 0 Å². The summed E-state index contributed by atoms with van der Waals surface area (Å²) in [5.41, 5.74) is 8.47. The van der Waals surface area contributed by atoms with Gasteiger partial charge in [-0.1, -0.05) is 31.2 Å². The van der Waals surface area contributed by atoms with Gasteiger partial charge in [0.1, 0.15) is 0 Å². The topological polar surface area (TPSA) is 46.3 Å². The number of amides is 1. The molecule has 0 bridgehead atoms. The van der Waals surface area contributed by atoms with Crippen molar-refractivity contribution in [2.24, 2.45) is 5.73 Å². The summed E-state index contributed by atoms with van der Waals surface area (Å²) in [4.78, 5) is 14.2. The fourth-order valence-electron chi connectivity index (χ4n) is 2.88. The van der Waals surface area contributed by atoms with Crippen molar-refractivity contribution in [1.82, 2.24) is 4.90 Å². The van der Waals surface area contributed by atoms with Crippen LogP contribution >= 0.6 is 12.4 Å². The van der Waals surface area contributed by atoms with Crippen LogP contribution in [0.15, 0.2) is 24.3 Å². The van der Waals surface area contributed by atoms with E-state index in [0.29, 0.717) is 6.42 Å². The molecule has 20 heavy (non-hydrogen) atoms. The number of hydrogen-bond donors (Lipinski definition) is 1. The van der Waals surface area contributed by atoms with Crippen LogP contribution in [0.25, 0.3) is 0 Å². The maximum atomic E-state index is 12.3. The van der Waals surface area contributed by atoms with E-state index >= 15 is 0 Å². The number of aryl methyl sites for hydroxylation is 1. The Morgan fingerprint density at radius 1 is 1.45 bits per heavy atom. The number of benzene rings is 1. The first-order valence-corrected chi connectivity index (χ1v) is 7.17. The summed E-state index contributed by atoms with van der Waals surface area (Å²) in [5, 5.41) is 0. The Morgan fingerprint density at radius 2 is 2.15 bits per heavy atom. The van der Waals surface area contributed by atoms with E-state index in [1.165, 1.54) is 11.1 Å². The minimum atomic E-state index is 0. The number of halogens is 1. The zero-order valence-electron chi connectivity index (χ0n) is 12.3. The highest BCUT2D eigenvalue weighted by Gasteiger charge is 2.23. The molecular weight excluding hydrogens is 272 g/mol. The van der Waals surface area contributed by atoms with Gasteiger partial charge >= 0.3 is 0 Å². The molecule has 1 aliphatic rings. The Balaban J connectivity index is 0.00000200. The van der Waals surface area contributed by atoms with Crippen molar-refractivity contribution in [3.05, 3.63) is 35.4 Å². The molecule has 2 N–H and O–H groups in total. The van der Waals surface area contributed by atoms with Gasteiger partial charge in [0.25, 0.3) is 0 Å². The molecule has 0 aromatic heterocycles. The number of hydrogen-bond acceptors (Lipinski definition) is 2. The molecule has 3 nitrogen and oxygen atoms in total. The van der Waals surface area contributed by atoms with E-state index in [0.717, 1.165) is 25.9 Å². The normalized spacial score (nSPS) is 20.1. The zero-order valence-corrected chi connectivity index (χ0v) is 13.2. The Kier molecular flexibility index (Phi) is 6.50. The number of nitrogens with zero attached hydrogens (tertiary/aromatic N) is 1. The quantitative estimate of drug-likeness (QED) is 0.932. The lowest BCUT2D eigenvalue weighted by molar-refractivity contribution is -0.132. The van der Waals surface area contributed by atoms with E-state index < -0.39 is 0 Å². The Hall–Kier alpha value is -1.06. The van der Waals surface area contributed by atoms with E-state index in [9.17, 15) is 4.79 Å². The van der Waals surface area contributed by atoms with Gasteiger partial charge in [-0.05, 0) is 36.8 Å². The summed E-state index contributed by atoms with van der Waals surface area (Å²) < 4.78 is 0. The van der Waals surface area contributed by atoms with Crippen LogP contribution in [-0.2, 0) is 4.79 Å². The van der Waals surface area contributed by atoms with Crippen molar-refractivity contribution in [2.75, 3.05) is 13.1 Å². The van der Waals surface area contributed by atoms with Crippen molar-refractivity contribution in [1.29, 1.82) is 0 Å². The number of carbonyl (C=O) groups excluding carboxylic acids is 1. The van der Waals surface area contributed by atoms with E-state index in [1.54, 1.807) is 0 Å². The molecule has 0 radical (unpaired) electrons. The molecule has 1 heterocycles. The number of piperidine rings is 1. The Morgan fingerprint density at radius 3 is 2.80 bits per heavy atom. The van der Waals surface area contributed by atoms with Crippen LogP contribution in [-0.4, -0.2) is 29.9 Å². The number of nitrogens with two attached hydrogens (primary N) is 1. The Labute approximate surface area is 127 Å². The summed E-state index contributed by atoms with van der Waals surface area (Å²) in [5.74, 6) is 0.512. The molecule has 2 unspecified atom stereocenters. The van der Waals surface area contributed by atoms with Gasteiger partial charge in [-0.25, -0.2) is 0 Å². The summed E-state index contributed by atoms with van der Waals surface area (Å²) in [6.07, 6.45) is 2.65. The third-order valence-electron chi connectivity index (χ3n) is 4.01. The molecular formula is C16H25ClN2O. The van der Waals surface area contributed by atoms with Crippen LogP contribution in [0.3, 0.4) is 0 Å². The summed E-state index contributed by atoms with van der Waals surface area (Å²) in [7, 11) is 0. The minimum Gasteiger partial charge on any atom is -0.341 e. The highest BCUT2D eigenvalue weighted by Crippen LogP contribution is 2.23. The molecule has 4 heteroatoms. The third-order valence-corrected chi connectivity index (χ3v) is 4.01. The number of carbonyl (C=O) groups is 1. The van der Waals surface area contributed by atoms with Gasteiger partial charge < -0.3 is 10.6 Å². The lowest BCUT2D eigenvalue weighted by atomic mass is 9.93. The van der Waals surface area contributed by atoms with Crippen LogP contribution in [0.4, 0.5) is 0 Å². The molecule has 0 spiro atoms. The van der Waals surface area contributed by atoms with E-state index in [4.69, 9.17) is 5.73 Å². The molecule has 2 atom stereocenters. The highest BCUT2D eigenvalue weighted by molar-refractivity contribution is 5.85.